The number of aromatic nitrogens is 3. The fourth-order valence-corrected chi connectivity index (χ4v) is 3.70. The van der Waals surface area contributed by atoms with E-state index in [4.69, 9.17) is 0 Å². The molecule has 0 atom stereocenters. The molecule has 4 aromatic rings. The van der Waals surface area contributed by atoms with E-state index in [1.807, 2.05) is 37.5 Å². The number of fused-ring (bicyclic) bond motifs is 2. The third-order valence-corrected chi connectivity index (χ3v) is 4.80. The van der Waals surface area contributed by atoms with Crippen LogP contribution < -0.4 is 4.90 Å². The molecule has 1 aromatic carbocycles. The SMILES string of the molecule is CN1Cc2c(-c3cccnc3)[nH]c3nccc(c23)-c2cc(F)ccc21. The summed E-state index contributed by atoms with van der Waals surface area (Å²) in [5.74, 6) is -0.233. The Kier molecular flexibility index (Phi) is 2.91. The summed E-state index contributed by atoms with van der Waals surface area (Å²) in [6.45, 7) is 0.710. The van der Waals surface area contributed by atoms with Crippen molar-refractivity contribution < 1.29 is 4.39 Å². The van der Waals surface area contributed by atoms with Gasteiger partial charge in [0.1, 0.15) is 11.5 Å². The van der Waals surface area contributed by atoms with Crippen LogP contribution in [-0.2, 0) is 6.54 Å². The first-order chi connectivity index (χ1) is 12.2. The normalized spacial score (nSPS) is 13.0. The van der Waals surface area contributed by atoms with E-state index in [1.54, 1.807) is 18.5 Å². The molecule has 1 N–H and O–H groups in total. The highest BCUT2D eigenvalue weighted by molar-refractivity contribution is 6.03. The van der Waals surface area contributed by atoms with Gasteiger partial charge < -0.3 is 9.88 Å². The molecule has 0 bridgehead atoms. The number of H-pyrrole nitrogens is 1. The molecular formula is C20H15FN4. The lowest BCUT2D eigenvalue weighted by Crippen LogP contribution is -2.16. The van der Waals surface area contributed by atoms with Gasteiger partial charge in [0.25, 0.3) is 0 Å². The number of halogens is 1. The minimum Gasteiger partial charge on any atom is -0.370 e. The maximum absolute atomic E-state index is 13.9. The van der Waals surface area contributed by atoms with Gasteiger partial charge in [0, 0.05) is 59.9 Å². The summed E-state index contributed by atoms with van der Waals surface area (Å²) >= 11 is 0. The number of benzene rings is 1. The molecule has 5 heteroatoms. The van der Waals surface area contributed by atoms with Crippen LogP contribution in [0.15, 0.2) is 55.0 Å². The largest absolute Gasteiger partial charge is 0.370 e. The van der Waals surface area contributed by atoms with Crippen molar-refractivity contribution in [2.24, 2.45) is 0 Å². The van der Waals surface area contributed by atoms with E-state index in [2.05, 4.69) is 19.9 Å². The van der Waals surface area contributed by atoms with Crippen molar-refractivity contribution in [1.29, 1.82) is 0 Å². The van der Waals surface area contributed by atoms with E-state index in [9.17, 15) is 4.39 Å². The van der Waals surface area contributed by atoms with Crippen LogP contribution in [0.1, 0.15) is 5.56 Å². The first-order valence-electron chi connectivity index (χ1n) is 8.13. The van der Waals surface area contributed by atoms with Crippen LogP contribution in [0.5, 0.6) is 0 Å². The number of anilines is 1. The van der Waals surface area contributed by atoms with Gasteiger partial charge in [0.2, 0.25) is 0 Å². The van der Waals surface area contributed by atoms with Gasteiger partial charge in [-0.05, 0) is 42.0 Å². The van der Waals surface area contributed by atoms with Gasteiger partial charge in [-0.2, -0.15) is 0 Å². The quantitative estimate of drug-likeness (QED) is 0.563. The Labute approximate surface area is 144 Å². The van der Waals surface area contributed by atoms with Crippen molar-refractivity contribution in [1.82, 2.24) is 15.0 Å². The molecule has 0 spiro atoms. The van der Waals surface area contributed by atoms with Crippen LogP contribution >= 0.6 is 0 Å². The summed E-state index contributed by atoms with van der Waals surface area (Å²) in [4.78, 5) is 14.3. The maximum atomic E-state index is 13.9. The molecule has 0 fully saturated rings. The smallest absolute Gasteiger partial charge is 0.138 e. The van der Waals surface area contributed by atoms with Gasteiger partial charge in [-0.1, -0.05) is 0 Å². The molecule has 3 aromatic heterocycles. The second kappa shape index (κ2) is 5.14. The molecule has 0 saturated heterocycles. The van der Waals surface area contributed by atoms with Crippen molar-refractivity contribution in [3.8, 4) is 22.4 Å². The molecule has 5 rings (SSSR count). The summed E-state index contributed by atoms with van der Waals surface area (Å²) in [6, 6.07) is 10.9. The first-order valence-corrected chi connectivity index (χ1v) is 8.13. The first kappa shape index (κ1) is 14.2. The molecule has 4 heterocycles. The second-order valence-electron chi connectivity index (χ2n) is 6.32. The molecule has 0 unspecified atom stereocenters. The zero-order valence-corrected chi connectivity index (χ0v) is 13.6. The van der Waals surface area contributed by atoms with Crippen molar-refractivity contribution in [3.05, 3.63) is 66.4 Å². The van der Waals surface area contributed by atoms with Crippen LogP contribution in [0.25, 0.3) is 33.4 Å². The zero-order valence-electron chi connectivity index (χ0n) is 13.6. The Balaban J connectivity index is 1.88. The highest BCUT2D eigenvalue weighted by Gasteiger charge is 2.24. The molecule has 0 amide bonds. The van der Waals surface area contributed by atoms with Crippen LogP contribution in [0, 0.1) is 5.82 Å². The molecule has 122 valence electrons. The Morgan fingerprint density at radius 1 is 1.12 bits per heavy atom. The maximum Gasteiger partial charge on any atom is 0.138 e. The van der Waals surface area contributed by atoms with Gasteiger partial charge in [-0.3, -0.25) is 4.98 Å². The van der Waals surface area contributed by atoms with E-state index in [-0.39, 0.29) is 5.82 Å². The number of nitrogens with zero attached hydrogens (tertiary/aromatic N) is 3. The second-order valence-corrected chi connectivity index (χ2v) is 6.32. The molecular weight excluding hydrogens is 315 g/mol. The van der Waals surface area contributed by atoms with Gasteiger partial charge in [-0.25, -0.2) is 9.37 Å². The summed E-state index contributed by atoms with van der Waals surface area (Å²) in [6.07, 6.45) is 5.38. The van der Waals surface area contributed by atoms with Crippen molar-refractivity contribution in [2.45, 2.75) is 6.54 Å². The predicted octanol–water partition coefficient (Wildman–Crippen LogP) is 4.38. The van der Waals surface area contributed by atoms with Gasteiger partial charge in [-0.15, -0.1) is 0 Å². The summed E-state index contributed by atoms with van der Waals surface area (Å²) in [5.41, 5.74) is 6.93. The number of rotatable bonds is 1. The number of hydrogen-bond donors (Lipinski definition) is 1. The third kappa shape index (κ3) is 2.05. The molecule has 1 aliphatic heterocycles. The lowest BCUT2D eigenvalue weighted by molar-refractivity contribution is 0.628. The van der Waals surface area contributed by atoms with Crippen LogP contribution in [0.2, 0.25) is 0 Å². The minimum absolute atomic E-state index is 0.233. The fourth-order valence-electron chi connectivity index (χ4n) is 3.70. The van der Waals surface area contributed by atoms with Crippen LogP contribution in [0.4, 0.5) is 10.1 Å². The lowest BCUT2D eigenvalue weighted by atomic mass is 10.00. The van der Waals surface area contributed by atoms with E-state index < -0.39 is 0 Å². The monoisotopic (exact) mass is 330 g/mol. The standard InChI is InChI=1S/C20H15FN4/c1-25-11-16-18-14(15-9-13(21)4-5-17(15)25)6-8-23-20(18)24-19(16)12-3-2-7-22-10-12/h2-10H,11H2,1H3,(H,23,24). The fraction of sp³-hybridized carbons (Fsp3) is 0.100. The highest BCUT2D eigenvalue weighted by atomic mass is 19.1. The van der Waals surface area contributed by atoms with Gasteiger partial charge >= 0.3 is 0 Å². The summed E-state index contributed by atoms with van der Waals surface area (Å²) in [5, 5.41) is 1.05. The van der Waals surface area contributed by atoms with Crippen molar-refractivity contribution >= 4 is 16.7 Å². The number of pyridine rings is 2. The Morgan fingerprint density at radius 3 is 2.88 bits per heavy atom. The molecule has 0 aliphatic carbocycles. The van der Waals surface area contributed by atoms with Crippen LogP contribution in [0.3, 0.4) is 0 Å². The van der Waals surface area contributed by atoms with Gasteiger partial charge in [0.05, 0.1) is 5.69 Å². The predicted molar refractivity (Wildman–Crippen MR) is 96.8 cm³/mol. The lowest BCUT2D eigenvalue weighted by Gasteiger charge is -2.20. The van der Waals surface area contributed by atoms with Crippen molar-refractivity contribution in [3.63, 3.8) is 0 Å². The van der Waals surface area contributed by atoms with E-state index >= 15 is 0 Å². The Bertz CT molecular complexity index is 1100. The Hall–Kier alpha value is -3.21. The average Bonchev–Trinajstić information content (AvgIpc) is 2.95. The zero-order chi connectivity index (χ0) is 17.0. The van der Waals surface area contributed by atoms with E-state index in [0.29, 0.717) is 6.54 Å². The topological polar surface area (TPSA) is 44.8 Å². The third-order valence-electron chi connectivity index (χ3n) is 4.80. The molecule has 25 heavy (non-hydrogen) atoms. The van der Waals surface area contributed by atoms with Gasteiger partial charge in [0.15, 0.2) is 0 Å². The molecule has 4 nitrogen and oxygen atoms in total. The minimum atomic E-state index is -0.233. The average molecular weight is 330 g/mol. The molecule has 1 aliphatic rings. The highest BCUT2D eigenvalue weighted by Crippen LogP contribution is 2.43. The number of hydrogen-bond acceptors (Lipinski definition) is 3. The van der Waals surface area contributed by atoms with E-state index in [1.165, 1.54) is 6.07 Å². The molecule has 0 saturated carbocycles. The summed E-state index contributed by atoms with van der Waals surface area (Å²) < 4.78 is 13.9. The Morgan fingerprint density at radius 2 is 2.04 bits per heavy atom. The van der Waals surface area contributed by atoms with E-state index in [0.717, 1.165) is 44.7 Å². The molecule has 0 radical (unpaired) electrons. The number of nitrogens with one attached hydrogen (secondary N) is 1. The van der Waals surface area contributed by atoms with Crippen molar-refractivity contribution in [2.75, 3.05) is 11.9 Å². The summed E-state index contributed by atoms with van der Waals surface area (Å²) in [7, 11) is 2.03. The number of aromatic amines is 1. The van der Waals surface area contributed by atoms with Crippen LogP contribution in [-0.4, -0.2) is 22.0 Å².